The molecular weight excluding hydrogens is 405 g/mol. The summed E-state index contributed by atoms with van der Waals surface area (Å²) in [5, 5.41) is 8.97. The zero-order valence-electron chi connectivity index (χ0n) is 19.8. The maximum absolute atomic E-state index is 12.0. The highest BCUT2D eigenvalue weighted by atomic mass is 31.2. The molecule has 180 valence electrons. The fourth-order valence-corrected chi connectivity index (χ4v) is 4.37. The van der Waals surface area contributed by atoms with Crippen molar-refractivity contribution in [1.82, 2.24) is 0 Å². The van der Waals surface area contributed by atoms with Gasteiger partial charge in [0.25, 0.3) is 7.82 Å². The predicted octanol–water partition coefficient (Wildman–Crippen LogP) is 5.13. The highest BCUT2D eigenvalue weighted by Crippen LogP contribution is 2.41. The number of carboxylic acids is 1. The summed E-state index contributed by atoms with van der Waals surface area (Å²) in [6.45, 7) is 2.59. The fourth-order valence-electron chi connectivity index (χ4n) is 3.45. The topological polar surface area (TPSA) is 95.9 Å². The molecule has 0 aromatic heterocycles. The average Bonchev–Trinajstić information content (AvgIpc) is 2.59. The van der Waals surface area contributed by atoms with E-state index in [1.54, 1.807) is 0 Å². The van der Waals surface area contributed by atoms with E-state index in [1.165, 1.54) is 64.2 Å². The van der Waals surface area contributed by atoms with E-state index in [0.29, 0.717) is 10.9 Å². The summed E-state index contributed by atoms with van der Waals surface area (Å²) in [7, 11) is 1.05. The van der Waals surface area contributed by atoms with E-state index < -0.39 is 19.9 Å². The summed E-state index contributed by atoms with van der Waals surface area (Å²) in [5.74, 6) is -1.09. The molecule has 30 heavy (non-hydrogen) atoms. The third kappa shape index (κ3) is 20.8. The molecule has 1 unspecified atom stereocenters. The van der Waals surface area contributed by atoms with Crippen LogP contribution < -0.4 is 4.89 Å². The van der Waals surface area contributed by atoms with Crippen LogP contribution in [0, 0.1) is 0 Å². The highest BCUT2D eigenvalue weighted by molar-refractivity contribution is 7.45. The Morgan fingerprint density at radius 2 is 1.33 bits per heavy atom. The first kappa shape index (κ1) is 29.5. The summed E-state index contributed by atoms with van der Waals surface area (Å²) in [5.41, 5.74) is 0. The minimum Gasteiger partial charge on any atom is -0.756 e. The van der Waals surface area contributed by atoms with Crippen LogP contribution in [0.4, 0.5) is 0 Å². The Morgan fingerprint density at radius 3 is 1.73 bits per heavy atom. The van der Waals surface area contributed by atoms with Crippen molar-refractivity contribution in [3.63, 3.8) is 0 Å². The van der Waals surface area contributed by atoms with Gasteiger partial charge in [-0.05, 0) is 6.42 Å². The first-order valence-corrected chi connectivity index (χ1v) is 13.2. The van der Waals surface area contributed by atoms with Crippen LogP contribution in [0.25, 0.3) is 0 Å². The van der Waals surface area contributed by atoms with E-state index in [0.717, 1.165) is 12.8 Å². The molecular formula is C22H46NO6P. The number of phosphoric ester groups is 1. The van der Waals surface area contributed by atoms with Gasteiger partial charge >= 0.3 is 5.97 Å². The fraction of sp³-hybridized carbons (Fsp3) is 0.955. The van der Waals surface area contributed by atoms with Crippen LogP contribution in [0.2, 0.25) is 0 Å². The number of unbranched alkanes of at least 4 members (excludes halogenated alkanes) is 12. The van der Waals surface area contributed by atoms with Crippen LogP contribution in [-0.4, -0.2) is 56.0 Å². The van der Waals surface area contributed by atoms with Gasteiger partial charge in [-0.15, -0.1) is 0 Å². The summed E-state index contributed by atoms with van der Waals surface area (Å²) in [6.07, 6.45) is 14.5. The number of carbonyl (C=O) groups is 1. The first-order valence-electron chi connectivity index (χ1n) is 11.7. The molecule has 8 heteroatoms. The molecule has 0 bridgehead atoms. The maximum Gasteiger partial charge on any atom is 0.306 e. The van der Waals surface area contributed by atoms with E-state index in [2.05, 4.69) is 6.92 Å². The summed E-state index contributed by atoms with van der Waals surface area (Å²) in [4.78, 5) is 23.0. The van der Waals surface area contributed by atoms with Crippen molar-refractivity contribution in [3.05, 3.63) is 0 Å². The number of hydrogen-bond acceptors (Lipinski definition) is 5. The summed E-state index contributed by atoms with van der Waals surface area (Å²) in [6, 6.07) is 0. The van der Waals surface area contributed by atoms with Crippen molar-refractivity contribution in [2.24, 2.45) is 0 Å². The second-order valence-corrected chi connectivity index (χ2v) is 10.7. The average molecular weight is 452 g/mol. The maximum atomic E-state index is 12.0. The largest absolute Gasteiger partial charge is 0.756 e. The van der Waals surface area contributed by atoms with Gasteiger partial charge in [0.15, 0.2) is 0 Å². The monoisotopic (exact) mass is 451 g/mol. The Morgan fingerprint density at radius 1 is 0.900 bits per heavy atom. The number of nitrogens with zero attached hydrogens (tertiary/aromatic N) is 1. The highest BCUT2D eigenvalue weighted by Gasteiger charge is 2.26. The smallest absolute Gasteiger partial charge is 0.306 e. The molecule has 0 fully saturated rings. The summed E-state index contributed by atoms with van der Waals surface area (Å²) >= 11 is 0. The first-order chi connectivity index (χ1) is 14.1. The quantitative estimate of drug-likeness (QED) is 0.148. The predicted molar refractivity (Wildman–Crippen MR) is 119 cm³/mol. The van der Waals surface area contributed by atoms with E-state index in [-0.39, 0.29) is 19.6 Å². The molecule has 7 nitrogen and oxygen atoms in total. The van der Waals surface area contributed by atoms with Crippen molar-refractivity contribution >= 4 is 13.8 Å². The van der Waals surface area contributed by atoms with Gasteiger partial charge < -0.3 is 23.5 Å². The van der Waals surface area contributed by atoms with Crippen molar-refractivity contribution in [1.29, 1.82) is 0 Å². The zero-order chi connectivity index (χ0) is 22.9. The zero-order valence-corrected chi connectivity index (χ0v) is 20.7. The molecule has 0 spiro atoms. The minimum absolute atomic E-state index is 0.0860. The molecule has 0 aliphatic heterocycles. The molecule has 0 aliphatic rings. The molecule has 0 saturated carbocycles. The number of hydrogen-bond donors (Lipinski definition) is 1. The Balaban J connectivity index is 3.77. The lowest BCUT2D eigenvalue weighted by molar-refractivity contribution is -0.873. The van der Waals surface area contributed by atoms with E-state index in [4.69, 9.17) is 14.2 Å². The Labute approximate surface area is 184 Å². The third-order valence-electron chi connectivity index (χ3n) is 4.93. The van der Waals surface area contributed by atoms with E-state index in [1.807, 2.05) is 21.1 Å². The number of phosphoric acid groups is 1. The van der Waals surface area contributed by atoms with Crippen molar-refractivity contribution in [3.8, 4) is 0 Å². The van der Waals surface area contributed by atoms with Crippen LogP contribution in [0.5, 0.6) is 0 Å². The van der Waals surface area contributed by atoms with E-state index in [9.17, 15) is 14.3 Å². The van der Waals surface area contributed by atoms with Crippen LogP contribution in [0.1, 0.15) is 96.8 Å². The van der Waals surface area contributed by atoms with Gasteiger partial charge in [0, 0.05) is 0 Å². The van der Waals surface area contributed by atoms with Crippen molar-refractivity contribution in [2.45, 2.75) is 103 Å². The molecule has 0 aromatic rings. The number of rotatable bonds is 21. The Hall–Kier alpha value is -0.460. The number of aliphatic carboxylic acids is 1. The lowest BCUT2D eigenvalue weighted by Gasteiger charge is -2.32. The third-order valence-corrected chi connectivity index (χ3v) is 5.98. The van der Waals surface area contributed by atoms with Crippen molar-refractivity contribution < 1.29 is 32.9 Å². The SMILES string of the molecule is CCCCCCCCCCCCCCCOP(=O)([O-])O[C@H](CC(=O)O)C[N+](C)(C)C. The van der Waals surface area contributed by atoms with Gasteiger partial charge in [-0.25, -0.2) is 0 Å². The Bertz CT molecular complexity index is 481. The molecule has 0 aromatic carbocycles. The number of quaternary nitrogens is 1. The molecule has 0 aliphatic carbocycles. The van der Waals surface area contributed by atoms with Crippen molar-refractivity contribution in [2.75, 3.05) is 34.3 Å². The van der Waals surface area contributed by atoms with Gasteiger partial charge in [-0.3, -0.25) is 9.36 Å². The molecule has 0 radical (unpaired) electrons. The van der Waals surface area contributed by atoms with Gasteiger partial charge in [0.2, 0.25) is 0 Å². The lowest BCUT2D eigenvalue weighted by atomic mass is 10.0. The van der Waals surface area contributed by atoms with Crippen LogP contribution in [0.15, 0.2) is 0 Å². The van der Waals surface area contributed by atoms with Gasteiger partial charge in [0.05, 0.1) is 34.2 Å². The number of carboxylic acid groups (broad SMARTS) is 1. The number of likely N-dealkylation sites (N-methyl/N-ethyl adjacent to an activating group) is 1. The standard InChI is InChI=1S/C22H46NO6P/c1-5-6-7-8-9-10-11-12-13-14-15-16-17-18-28-30(26,27)29-21(19-22(24)25)20-23(2,3)4/h21H,5-20H2,1-4H3,(H-,24,25,26,27)/t21-/m1/s1. The molecule has 0 heterocycles. The molecule has 1 N–H and O–H groups in total. The molecule has 2 atom stereocenters. The van der Waals surface area contributed by atoms with Gasteiger partial charge in [0.1, 0.15) is 12.6 Å². The second kappa shape index (κ2) is 17.1. The lowest BCUT2D eigenvalue weighted by Crippen LogP contribution is -2.43. The Kier molecular flexibility index (Phi) is 16.9. The van der Waals surface area contributed by atoms with Crippen LogP contribution in [-0.2, 0) is 18.4 Å². The molecule has 0 amide bonds. The normalized spacial score (nSPS) is 15.1. The molecule has 0 rings (SSSR count). The minimum atomic E-state index is -4.50. The van der Waals surface area contributed by atoms with Gasteiger partial charge in [-0.1, -0.05) is 84.0 Å². The summed E-state index contributed by atoms with van der Waals surface area (Å²) < 4.78 is 22.4. The van der Waals surface area contributed by atoms with Gasteiger partial charge in [-0.2, -0.15) is 0 Å². The van der Waals surface area contributed by atoms with Crippen LogP contribution >= 0.6 is 7.82 Å². The molecule has 0 saturated heterocycles. The van der Waals surface area contributed by atoms with E-state index >= 15 is 0 Å². The van der Waals surface area contributed by atoms with Crippen LogP contribution in [0.3, 0.4) is 0 Å². The second-order valence-electron chi connectivity index (χ2n) is 9.32.